The van der Waals surface area contributed by atoms with Crippen LogP contribution in [0.1, 0.15) is 61.0 Å². The van der Waals surface area contributed by atoms with Gasteiger partial charge < -0.3 is 9.84 Å². The largest absolute Gasteiger partial charge is 0.416 e. The fourth-order valence-electron chi connectivity index (χ4n) is 3.61. The zero-order valence-corrected chi connectivity index (χ0v) is 21.3. The standard InChI is InChI=1S/C13H15FN4O2.C10H8F6O.C2H6/c14-10-3-1-9(2-4-10)11-8-20-6-5-18(11)7-12-15-13(19)17-16-12;1-5(17)6-2-7(9(11,12)13)4-8(3-6)10(14,15)16;1-2/h1-4,11H,5-8H2,(H2,15,16,17,19);2-5,17H,1H3;1-2H3/t11-;5-;/m10./s1. The zero-order valence-electron chi connectivity index (χ0n) is 21.3. The van der Waals surface area contributed by atoms with E-state index in [2.05, 4.69) is 20.1 Å². The van der Waals surface area contributed by atoms with Crippen LogP contribution in [-0.2, 0) is 23.6 Å². The van der Waals surface area contributed by atoms with Crippen LogP contribution in [-0.4, -0.2) is 44.9 Å². The number of hydrogen-bond donors (Lipinski definition) is 3. The Morgan fingerprint density at radius 2 is 1.62 bits per heavy atom. The van der Waals surface area contributed by atoms with Gasteiger partial charge in [-0.1, -0.05) is 26.0 Å². The topological polar surface area (TPSA) is 94.2 Å². The number of rotatable bonds is 4. The van der Waals surface area contributed by atoms with Crippen LogP contribution in [0.25, 0.3) is 0 Å². The number of alkyl halides is 6. The van der Waals surface area contributed by atoms with Crippen molar-refractivity contribution in [3.05, 3.63) is 86.8 Å². The molecule has 14 heteroatoms. The third kappa shape index (κ3) is 9.48. The summed E-state index contributed by atoms with van der Waals surface area (Å²) in [4.78, 5) is 15.9. The number of H-pyrrole nitrogens is 2. The lowest BCUT2D eigenvalue weighted by Gasteiger charge is -2.35. The number of morpholine rings is 1. The molecule has 2 aromatic carbocycles. The van der Waals surface area contributed by atoms with Crippen molar-refractivity contribution < 1.29 is 40.6 Å². The van der Waals surface area contributed by atoms with Crippen LogP contribution in [0, 0.1) is 5.82 Å². The van der Waals surface area contributed by atoms with Gasteiger partial charge in [-0.15, -0.1) is 0 Å². The lowest BCUT2D eigenvalue weighted by Crippen LogP contribution is -2.39. The number of nitrogens with one attached hydrogen (secondary N) is 2. The molecule has 3 N–H and O–H groups in total. The number of benzene rings is 2. The fraction of sp³-hybridized carbons (Fsp3) is 0.440. The molecular weight excluding hydrogens is 537 g/mol. The van der Waals surface area contributed by atoms with Crippen molar-refractivity contribution in [2.24, 2.45) is 0 Å². The normalized spacial score (nSPS) is 16.9. The maximum absolute atomic E-state index is 13.0. The molecule has 0 aliphatic carbocycles. The van der Waals surface area contributed by atoms with Crippen molar-refractivity contribution in [1.82, 2.24) is 20.1 Å². The van der Waals surface area contributed by atoms with Crippen LogP contribution in [0.3, 0.4) is 0 Å². The highest BCUT2D eigenvalue weighted by Gasteiger charge is 2.37. The summed E-state index contributed by atoms with van der Waals surface area (Å²) < 4.78 is 92.6. The Bertz CT molecular complexity index is 1190. The SMILES string of the molecule is CC.C[C@H](O)c1cc(C(F)(F)F)cc(C(F)(F)F)c1.O=c1[nH]nc(CN2CCOC[C@@H]2c2ccc(F)cc2)[nH]1. The molecule has 0 radical (unpaired) electrons. The van der Waals surface area contributed by atoms with E-state index in [4.69, 9.17) is 9.84 Å². The molecule has 0 amide bonds. The molecule has 0 bridgehead atoms. The number of hydrogen-bond acceptors (Lipinski definition) is 5. The minimum atomic E-state index is -4.88. The lowest BCUT2D eigenvalue weighted by molar-refractivity contribution is -0.143. The van der Waals surface area contributed by atoms with Gasteiger partial charge in [-0.25, -0.2) is 14.3 Å². The maximum Gasteiger partial charge on any atom is 0.416 e. The van der Waals surface area contributed by atoms with E-state index in [9.17, 15) is 35.5 Å². The number of ether oxygens (including phenoxy) is 1. The molecule has 3 aromatic rings. The summed E-state index contributed by atoms with van der Waals surface area (Å²) in [6.45, 7) is 7.52. The minimum absolute atomic E-state index is 0.0197. The van der Waals surface area contributed by atoms with Gasteiger partial charge in [0.05, 0.1) is 43.0 Å². The van der Waals surface area contributed by atoms with Gasteiger partial charge in [-0.2, -0.15) is 31.4 Å². The summed E-state index contributed by atoms with van der Waals surface area (Å²) in [5, 5.41) is 15.3. The summed E-state index contributed by atoms with van der Waals surface area (Å²) >= 11 is 0. The van der Waals surface area contributed by atoms with Gasteiger partial charge >= 0.3 is 18.0 Å². The lowest BCUT2D eigenvalue weighted by atomic mass is 10.0. The third-order valence-electron chi connectivity index (χ3n) is 5.49. The van der Waals surface area contributed by atoms with Crippen molar-refractivity contribution in [2.75, 3.05) is 19.8 Å². The fourth-order valence-corrected chi connectivity index (χ4v) is 3.61. The highest BCUT2D eigenvalue weighted by atomic mass is 19.4. The second kappa shape index (κ2) is 13.7. The average Bonchev–Trinajstić information content (AvgIpc) is 3.29. The van der Waals surface area contributed by atoms with Crippen LogP contribution in [0.2, 0.25) is 0 Å². The Labute approximate surface area is 219 Å². The Morgan fingerprint density at radius 3 is 2.08 bits per heavy atom. The van der Waals surface area contributed by atoms with E-state index in [-0.39, 0.29) is 23.6 Å². The number of aromatic amines is 2. The predicted molar refractivity (Wildman–Crippen MR) is 128 cm³/mol. The summed E-state index contributed by atoms with van der Waals surface area (Å²) in [7, 11) is 0. The van der Waals surface area contributed by atoms with Crippen molar-refractivity contribution in [3.8, 4) is 0 Å². The molecule has 39 heavy (non-hydrogen) atoms. The predicted octanol–water partition coefficient (Wildman–Crippen LogP) is 5.61. The molecule has 216 valence electrons. The van der Waals surface area contributed by atoms with E-state index in [0.29, 0.717) is 37.7 Å². The van der Waals surface area contributed by atoms with Crippen LogP contribution in [0.4, 0.5) is 30.7 Å². The minimum Gasteiger partial charge on any atom is -0.389 e. The van der Waals surface area contributed by atoms with E-state index in [0.717, 1.165) is 19.0 Å². The van der Waals surface area contributed by atoms with E-state index >= 15 is 0 Å². The molecule has 1 aromatic heterocycles. The Kier molecular flexibility index (Phi) is 11.2. The Hall–Kier alpha value is -3.23. The first-order chi connectivity index (χ1) is 18.2. The smallest absolute Gasteiger partial charge is 0.389 e. The monoisotopic (exact) mass is 566 g/mol. The van der Waals surface area contributed by atoms with E-state index in [1.165, 1.54) is 12.1 Å². The van der Waals surface area contributed by atoms with Gasteiger partial charge in [0.25, 0.3) is 0 Å². The average molecular weight is 567 g/mol. The van der Waals surface area contributed by atoms with Crippen LogP contribution in [0.15, 0.2) is 47.3 Å². The van der Waals surface area contributed by atoms with Gasteiger partial charge in [0.15, 0.2) is 0 Å². The number of aromatic nitrogens is 3. The molecule has 0 unspecified atom stereocenters. The van der Waals surface area contributed by atoms with Crippen molar-refractivity contribution in [3.63, 3.8) is 0 Å². The first kappa shape index (κ1) is 32.0. The zero-order chi connectivity index (χ0) is 29.4. The van der Waals surface area contributed by atoms with E-state index in [1.807, 2.05) is 13.8 Å². The van der Waals surface area contributed by atoms with Crippen molar-refractivity contribution >= 4 is 0 Å². The Morgan fingerprint density at radius 1 is 1.05 bits per heavy atom. The number of halogens is 7. The third-order valence-corrected chi connectivity index (χ3v) is 5.49. The van der Waals surface area contributed by atoms with Crippen LogP contribution >= 0.6 is 0 Å². The molecule has 1 saturated heterocycles. The van der Waals surface area contributed by atoms with Crippen molar-refractivity contribution in [1.29, 1.82) is 0 Å². The van der Waals surface area contributed by atoms with Gasteiger partial charge in [-0.3, -0.25) is 9.88 Å². The molecule has 1 aliphatic rings. The second-order valence-corrected chi connectivity index (χ2v) is 8.25. The molecule has 0 spiro atoms. The molecule has 2 heterocycles. The second-order valence-electron chi connectivity index (χ2n) is 8.25. The number of aliphatic hydroxyl groups excluding tert-OH is 1. The van der Waals surface area contributed by atoms with Gasteiger partial charge in [0, 0.05) is 6.54 Å². The van der Waals surface area contributed by atoms with Crippen LogP contribution in [0.5, 0.6) is 0 Å². The molecule has 4 rings (SSSR count). The van der Waals surface area contributed by atoms with E-state index < -0.39 is 35.1 Å². The maximum atomic E-state index is 13.0. The quantitative estimate of drug-likeness (QED) is 0.357. The van der Waals surface area contributed by atoms with Gasteiger partial charge in [0.2, 0.25) is 0 Å². The Balaban J connectivity index is 0.000000261. The first-order valence-corrected chi connectivity index (χ1v) is 11.9. The van der Waals surface area contributed by atoms with Crippen LogP contribution < -0.4 is 5.69 Å². The summed E-state index contributed by atoms with van der Waals surface area (Å²) in [6.07, 6.45) is -11.2. The molecule has 1 aliphatic heterocycles. The summed E-state index contributed by atoms with van der Waals surface area (Å²) in [5.41, 5.74) is -2.60. The van der Waals surface area contributed by atoms with E-state index in [1.54, 1.807) is 12.1 Å². The summed E-state index contributed by atoms with van der Waals surface area (Å²) in [6, 6.07) is 7.46. The number of nitrogens with zero attached hydrogens (tertiary/aromatic N) is 2. The first-order valence-electron chi connectivity index (χ1n) is 11.9. The highest BCUT2D eigenvalue weighted by molar-refractivity contribution is 5.34. The molecule has 7 nitrogen and oxygen atoms in total. The molecule has 1 fully saturated rings. The summed E-state index contributed by atoms with van der Waals surface area (Å²) in [5.74, 6) is 0.331. The highest BCUT2D eigenvalue weighted by Crippen LogP contribution is 2.37. The van der Waals surface area contributed by atoms with Gasteiger partial charge in [0.1, 0.15) is 11.6 Å². The molecular formula is C25H29F7N4O3. The molecule has 0 saturated carbocycles. The number of aliphatic hydroxyl groups is 1. The van der Waals surface area contributed by atoms with Crippen molar-refractivity contribution in [2.45, 2.75) is 51.8 Å². The van der Waals surface area contributed by atoms with Gasteiger partial charge in [-0.05, 0) is 48.4 Å². The molecule has 2 atom stereocenters.